The van der Waals surface area contributed by atoms with Crippen LogP contribution in [0.25, 0.3) is 0 Å². The van der Waals surface area contributed by atoms with Gasteiger partial charge in [0.15, 0.2) is 0 Å². The molecule has 0 saturated heterocycles. The zero-order valence-electron chi connectivity index (χ0n) is 9.29. The maximum atomic E-state index is 11.6. The van der Waals surface area contributed by atoms with Crippen molar-refractivity contribution >= 4 is 5.91 Å². The van der Waals surface area contributed by atoms with Gasteiger partial charge in [-0.3, -0.25) is 4.79 Å². The Bertz CT molecular complexity index is 403. The van der Waals surface area contributed by atoms with Crippen molar-refractivity contribution in [1.82, 2.24) is 10.1 Å². The first kappa shape index (κ1) is 11.6. The molecule has 0 bridgehead atoms. The minimum absolute atomic E-state index is 0.105. The van der Waals surface area contributed by atoms with Gasteiger partial charge in [-0.25, -0.2) is 9.53 Å². The SMILES string of the molecule is CCCCNC(=O)c1c(C)n(C)oc1=O. The maximum absolute atomic E-state index is 11.6. The molecule has 0 aliphatic heterocycles. The molecule has 1 rings (SSSR count). The largest absolute Gasteiger partial charge is 0.370 e. The molecule has 1 aromatic heterocycles. The number of carbonyl (C=O) groups is 1. The summed E-state index contributed by atoms with van der Waals surface area (Å²) in [7, 11) is 1.60. The number of aromatic nitrogens is 1. The molecule has 0 fully saturated rings. The zero-order valence-corrected chi connectivity index (χ0v) is 9.29. The molecule has 5 heteroatoms. The first-order valence-corrected chi connectivity index (χ1v) is 5.03. The number of nitrogens with one attached hydrogen (secondary N) is 1. The average molecular weight is 212 g/mol. The molecule has 0 aliphatic carbocycles. The number of hydrogen-bond acceptors (Lipinski definition) is 3. The number of rotatable bonds is 4. The van der Waals surface area contributed by atoms with Gasteiger partial charge in [-0.05, 0) is 13.3 Å². The lowest BCUT2D eigenvalue weighted by atomic mass is 10.2. The van der Waals surface area contributed by atoms with Crippen LogP contribution in [0.15, 0.2) is 9.32 Å². The van der Waals surface area contributed by atoms with Crippen LogP contribution in [0.5, 0.6) is 0 Å². The number of aryl methyl sites for hydroxylation is 1. The lowest BCUT2D eigenvalue weighted by Crippen LogP contribution is -2.28. The van der Waals surface area contributed by atoms with Crippen LogP contribution in [0, 0.1) is 6.92 Å². The number of hydrogen-bond donors (Lipinski definition) is 1. The van der Waals surface area contributed by atoms with Crippen molar-refractivity contribution in [3.8, 4) is 0 Å². The third kappa shape index (κ3) is 2.49. The molecule has 0 unspecified atom stereocenters. The second kappa shape index (κ2) is 4.82. The Morgan fingerprint density at radius 1 is 1.53 bits per heavy atom. The zero-order chi connectivity index (χ0) is 11.4. The van der Waals surface area contributed by atoms with Crippen molar-refractivity contribution in [1.29, 1.82) is 0 Å². The molecule has 84 valence electrons. The quantitative estimate of drug-likeness (QED) is 0.751. The van der Waals surface area contributed by atoms with Crippen LogP contribution in [0.4, 0.5) is 0 Å². The number of nitrogens with zero attached hydrogens (tertiary/aromatic N) is 1. The van der Waals surface area contributed by atoms with E-state index in [2.05, 4.69) is 5.32 Å². The highest BCUT2D eigenvalue weighted by Gasteiger charge is 2.18. The molecule has 0 spiro atoms. The standard InChI is InChI=1S/C10H16N2O3/c1-4-5-6-11-9(13)8-7(2)12(3)15-10(8)14/h4-6H2,1-3H3,(H,11,13). The minimum Gasteiger partial charge on any atom is -0.352 e. The lowest BCUT2D eigenvalue weighted by Gasteiger charge is -2.01. The van der Waals surface area contributed by atoms with E-state index in [4.69, 9.17) is 4.52 Å². The second-order valence-corrected chi connectivity index (χ2v) is 3.45. The maximum Gasteiger partial charge on any atom is 0.370 e. The van der Waals surface area contributed by atoms with E-state index in [1.54, 1.807) is 14.0 Å². The summed E-state index contributed by atoms with van der Waals surface area (Å²) >= 11 is 0. The Balaban J connectivity index is 2.78. The van der Waals surface area contributed by atoms with E-state index in [0.717, 1.165) is 12.8 Å². The highest BCUT2D eigenvalue weighted by molar-refractivity contribution is 5.94. The Hall–Kier alpha value is -1.52. The summed E-state index contributed by atoms with van der Waals surface area (Å²) in [6, 6.07) is 0. The van der Waals surface area contributed by atoms with Crippen LogP contribution < -0.4 is 10.9 Å². The summed E-state index contributed by atoms with van der Waals surface area (Å²) in [6.45, 7) is 4.30. The van der Waals surface area contributed by atoms with Gasteiger partial charge >= 0.3 is 5.63 Å². The first-order chi connectivity index (χ1) is 7.07. The Kier molecular flexibility index (Phi) is 3.71. The van der Waals surface area contributed by atoms with E-state index in [1.807, 2.05) is 6.92 Å². The number of amides is 1. The molecule has 0 aromatic carbocycles. The van der Waals surface area contributed by atoms with Gasteiger partial charge in [0.2, 0.25) is 0 Å². The minimum atomic E-state index is -0.580. The van der Waals surface area contributed by atoms with Crippen molar-refractivity contribution < 1.29 is 9.32 Å². The molecule has 1 N–H and O–H groups in total. The van der Waals surface area contributed by atoms with E-state index in [0.29, 0.717) is 12.2 Å². The van der Waals surface area contributed by atoms with Crippen LogP contribution in [0.2, 0.25) is 0 Å². The van der Waals surface area contributed by atoms with E-state index in [-0.39, 0.29) is 11.5 Å². The van der Waals surface area contributed by atoms with Crippen molar-refractivity contribution in [2.45, 2.75) is 26.7 Å². The molecule has 15 heavy (non-hydrogen) atoms. The fraction of sp³-hybridized carbons (Fsp3) is 0.600. The van der Waals surface area contributed by atoms with Gasteiger partial charge in [-0.2, -0.15) is 0 Å². The van der Waals surface area contributed by atoms with Crippen LogP contribution >= 0.6 is 0 Å². The third-order valence-corrected chi connectivity index (χ3v) is 2.30. The van der Waals surface area contributed by atoms with Crippen molar-refractivity contribution in [3.63, 3.8) is 0 Å². The van der Waals surface area contributed by atoms with Crippen LogP contribution in [-0.2, 0) is 7.05 Å². The second-order valence-electron chi connectivity index (χ2n) is 3.45. The third-order valence-electron chi connectivity index (χ3n) is 2.30. The lowest BCUT2D eigenvalue weighted by molar-refractivity contribution is 0.0950. The van der Waals surface area contributed by atoms with Gasteiger partial charge in [0.05, 0.1) is 5.69 Å². The molecule has 0 radical (unpaired) electrons. The summed E-state index contributed by atoms with van der Waals surface area (Å²) in [5, 5.41) is 2.68. The van der Waals surface area contributed by atoms with Gasteiger partial charge in [-0.15, -0.1) is 0 Å². The van der Waals surface area contributed by atoms with Crippen molar-refractivity contribution in [3.05, 3.63) is 21.7 Å². The Labute approximate surface area is 88.0 Å². The molecular weight excluding hydrogens is 196 g/mol. The van der Waals surface area contributed by atoms with Crippen molar-refractivity contribution in [2.24, 2.45) is 7.05 Å². The van der Waals surface area contributed by atoms with E-state index in [9.17, 15) is 9.59 Å². The highest BCUT2D eigenvalue weighted by Crippen LogP contribution is 2.02. The highest BCUT2D eigenvalue weighted by atomic mass is 16.5. The predicted octanol–water partition coefficient (Wildman–Crippen LogP) is 0.817. The monoisotopic (exact) mass is 212 g/mol. The molecular formula is C10H16N2O3. The molecule has 1 amide bonds. The van der Waals surface area contributed by atoms with Gasteiger partial charge in [0.25, 0.3) is 5.91 Å². The molecule has 1 aromatic rings. The van der Waals surface area contributed by atoms with Gasteiger partial charge < -0.3 is 9.84 Å². The normalized spacial score (nSPS) is 10.3. The Morgan fingerprint density at radius 2 is 2.20 bits per heavy atom. The summed E-state index contributed by atoms with van der Waals surface area (Å²) < 4.78 is 6.08. The summed E-state index contributed by atoms with van der Waals surface area (Å²) in [5.41, 5.74) is 0.0756. The van der Waals surface area contributed by atoms with Crippen LogP contribution in [-0.4, -0.2) is 17.2 Å². The average Bonchev–Trinajstić information content (AvgIpc) is 2.41. The summed E-state index contributed by atoms with van der Waals surface area (Å²) in [5.74, 6) is -0.352. The topological polar surface area (TPSA) is 64.2 Å². The summed E-state index contributed by atoms with van der Waals surface area (Å²) in [6.07, 6.45) is 1.91. The van der Waals surface area contributed by atoms with E-state index >= 15 is 0 Å². The van der Waals surface area contributed by atoms with E-state index in [1.165, 1.54) is 4.74 Å². The fourth-order valence-electron chi connectivity index (χ4n) is 1.27. The predicted molar refractivity (Wildman–Crippen MR) is 55.9 cm³/mol. The van der Waals surface area contributed by atoms with Crippen LogP contribution in [0.3, 0.4) is 0 Å². The number of unbranched alkanes of at least 4 members (excludes halogenated alkanes) is 1. The summed E-state index contributed by atoms with van der Waals surface area (Å²) in [4.78, 5) is 22.9. The molecule has 1 heterocycles. The van der Waals surface area contributed by atoms with Gasteiger partial charge in [0, 0.05) is 13.6 Å². The molecule has 0 atom stereocenters. The molecule has 0 saturated carbocycles. The van der Waals surface area contributed by atoms with Crippen molar-refractivity contribution in [2.75, 3.05) is 6.54 Å². The fourth-order valence-corrected chi connectivity index (χ4v) is 1.27. The van der Waals surface area contributed by atoms with Gasteiger partial charge in [-0.1, -0.05) is 13.3 Å². The Morgan fingerprint density at radius 3 is 2.67 bits per heavy atom. The smallest absolute Gasteiger partial charge is 0.352 e. The van der Waals surface area contributed by atoms with Crippen LogP contribution in [0.1, 0.15) is 35.8 Å². The molecule has 5 nitrogen and oxygen atoms in total. The van der Waals surface area contributed by atoms with Gasteiger partial charge in [0.1, 0.15) is 5.56 Å². The molecule has 0 aliphatic rings. The first-order valence-electron chi connectivity index (χ1n) is 5.03. The number of carbonyl (C=O) groups excluding carboxylic acids is 1. The van der Waals surface area contributed by atoms with E-state index < -0.39 is 5.63 Å².